The van der Waals surface area contributed by atoms with E-state index in [1.165, 1.54) is 17.3 Å². The Morgan fingerprint density at radius 3 is 2.76 bits per heavy atom. The fourth-order valence-electron chi connectivity index (χ4n) is 1.86. The van der Waals surface area contributed by atoms with Crippen LogP contribution in [0.25, 0.3) is 0 Å². The third-order valence-corrected chi connectivity index (χ3v) is 3.88. The van der Waals surface area contributed by atoms with E-state index < -0.39 is 0 Å². The first-order valence-corrected chi connectivity index (χ1v) is 6.83. The summed E-state index contributed by atoms with van der Waals surface area (Å²) >= 11 is 1.43. The van der Waals surface area contributed by atoms with Gasteiger partial charge in [0.15, 0.2) is 0 Å². The Kier molecular flexibility index (Phi) is 4.31. The molecular weight excluding hydrogens is 234 g/mol. The van der Waals surface area contributed by atoms with Crippen LogP contribution in [0.1, 0.15) is 12.0 Å². The third-order valence-electron chi connectivity index (χ3n) is 2.89. The molecule has 1 aromatic rings. The molecule has 0 atom stereocenters. The van der Waals surface area contributed by atoms with Crippen molar-refractivity contribution in [2.24, 2.45) is 0 Å². The molecule has 1 aromatic carbocycles. The van der Waals surface area contributed by atoms with Gasteiger partial charge in [-0.2, -0.15) is 0 Å². The molecule has 4 heteroatoms. The van der Waals surface area contributed by atoms with Crippen molar-refractivity contribution in [1.29, 1.82) is 0 Å². The van der Waals surface area contributed by atoms with Gasteiger partial charge in [0.1, 0.15) is 5.75 Å². The molecule has 1 heterocycles. The molecule has 0 N–H and O–H groups in total. The molecule has 0 radical (unpaired) electrons. The maximum Gasteiger partial charge on any atom is 0.281 e. The predicted octanol–water partition coefficient (Wildman–Crippen LogP) is 2.80. The van der Waals surface area contributed by atoms with E-state index in [0.717, 1.165) is 37.4 Å². The van der Waals surface area contributed by atoms with Crippen LogP contribution in [0.2, 0.25) is 0 Å². The summed E-state index contributed by atoms with van der Waals surface area (Å²) in [6, 6.07) is 8.03. The van der Waals surface area contributed by atoms with Gasteiger partial charge in [0.2, 0.25) is 0 Å². The normalized spacial score (nSPS) is 16.1. The smallest absolute Gasteiger partial charge is 0.281 e. The number of rotatable bonds is 4. The van der Waals surface area contributed by atoms with Crippen LogP contribution in [-0.2, 0) is 6.42 Å². The van der Waals surface area contributed by atoms with E-state index >= 15 is 0 Å². The van der Waals surface area contributed by atoms with Gasteiger partial charge in [-0.25, -0.2) is 0 Å². The summed E-state index contributed by atoms with van der Waals surface area (Å²) in [7, 11) is 1.67. The molecule has 3 nitrogen and oxygen atoms in total. The predicted molar refractivity (Wildman–Crippen MR) is 70.7 cm³/mol. The minimum atomic E-state index is 0.227. The molecule has 2 rings (SSSR count). The van der Waals surface area contributed by atoms with Crippen molar-refractivity contribution in [2.45, 2.75) is 12.8 Å². The summed E-state index contributed by atoms with van der Waals surface area (Å²) < 4.78 is 5.11. The summed E-state index contributed by atoms with van der Waals surface area (Å²) in [6.07, 6.45) is 2.02. The largest absolute Gasteiger partial charge is 0.497 e. The molecule has 92 valence electrons. The van der Waals surface area contributed by atoms with E-state index in [9.17, 15) is 4.79 Å². The lowest BCUT2D eigenvalue weighted by atomic mass is 10.1. The fourth-order valence-corrected chi connectivity index (χ4v) is 2.67. The highest BCUT2D eigenvalue weighted by atomic mass is 32.2. The van der Waals surface area contributed by atoms with Crippen LogP contribution in [0.4, 0.5) is 4.79 Å². The number of methoxy groups -OCH3 is 1. The standard InChI is InChI=1S/C13H17NO2S/c1-16-12-5-3-11(4-6-12)7-9-14-8-2-10-17-13(14)15/h3-6H,2,7-10H2,1H3. The molecule has 1 aliphatic heterocycles. The second-order valence-corrected chi connectivity index (χ2v) is 5.10. The zero-order valence-corrected chi connectivity index (χ0v) is 10.8. The van der Waals surface area contributed by atoms with E-state index in [2.05, 4.69) is 12.1 Å². The van der Waals surface area contributed by atoms with Gasteiger partial charge in [-0.05, 0) is 30.5 Å². The number of benzene rings is 1. The Hall–Kier alpha value is -1.16. The first-order chi connectivity index (χ1) is 8.29. The van der Waals surface area contributed by atoms with Gasteiger partial charge in [0.05, 0.1) is 7.11 Å². The molecule has 0 aromatic heterocycles. The molecule has 17 heavy (non-hydrogen) atoms. The van der Waals surface area contributed by atoms with Crippen LogP contribution < -0.4 is 4.74 Å². The maximum atomic E-state index is 11.6. The monoisotopic (exact) mass is 251 g/mol. The summed E-state index contributed by atoms with van der Waals surface area (Å²) in [5.74, 6) is 1.84. The van der Waals surface area contributed by atoms with Crippen molar-refractivity contribution in [3.05, 3.63) is 29.8 Å². The number of hydrogen-bond donors (Lipinski definition) is 0. The number of hydrogen-bond acceptors (Lipinski definition) is 3. The maximum absolute atomic E-state index is 11.6. The van der Waals surface area contributed by atoms with Gasteiger partial charge in [-0.3, -0.25) is 4.79 Å². The van der Waals surface area contributed by atoms with Crippen molar-refractivity contribution in [1.82, 2.24) is 4.90 Å². The van der Waals surface area contributed by atoms with E-state index in [1.54, 1.807) is 7.11 Å². The molecule has 0 unspecified atom stereocenters. The highest BCUT2D eigenvalue weighted by Gasteiger charge is 2.17. The zero-order valence-electron chi connectivity index (χ0n) is 10.0. The number of carbonyl (C=O) groups is 1. The molecule has 0 aliphatic carbocycles. The van der Waals surface area contributed by atoms with Crippen LogP contribution in [0, 0.1) is 0 Å². The van der Waals surface area contributed by atoms with Gasteiger partial charge in [0, 0.05) is 18.8 Å². The Bertz CT molecular complexity index is 378. The Balaban J connectivity index is 1.86. The first kappa shape index (κ1) is 12.3. The highest BCUT2D eigenvalue weighted by molar-refractivity contribution is 8.13. The third kappa shape index (κ3) is 3.40. The lowest BCUT2D eigenvalue weighted by Gasteiger charge is -2.25. The number of ether oxygens (including phenoxy) is 1. The number of carbonyl (C=O) groups excluding carboxylic acids is 1. The van der Waals surface area contributed by atoms with E-state index in [4.69, 9.17) is 4.74 Å². The van der Waals surface area contributed by atoms with E-state index in [1.807, 2.05) is 17.0 Å². The van der Waals surface area contributed by atoms with Gasteiger partial charge >= 0.3 is 0 Å². The van der Waals surface area contributed by atoms with Crippen LogP contribution in [-0.4, -0.2) is 36.1 Å². The second kappa shape index (κ2) is 5.96. The summed E-state index contributed by atoms with van der Waals surface area (Å²) in [5.41, 5.74) is 1.24. The average molecular weight is 251 g/mol. The van der Waals surface area contributed by atoms with Crippen LogP contribution in [0.5, 0.6) is 5.75 Å². The topological polar surface area (TPSA) is 29.5 Å². The van der Waals surface area contributed by atoms with Gasteiger partial charge < -0.3 is 9.64 Å². The van der Waals surface area contributed by atoms with Gasteiger partial charge in [-0.1, -0.05) is 23.9 Å². The molecule has 1 amide bonds. The van der Waals surface area contributed by atoms with E-state index in [-0.39, 0.29) is 5.24 Å². The Labute approximate surface area is 106 Å². The quantitative estimate of drug-likeness (QED) is 0.824. The van der Waals surface area contributed by atoms with Crippen molar-refractivity contribution < 1.29 is 9.53 Å². The van der Waals surface area contributed by atoms with Crippen molar-refractivity contribution in [3.63, 3.8) is 0 Å². The summed E-state index contributed by atoms with van der Waals surface area (Å²) in [5, 5.41) is 0.227. The fraction of sp³-hybridized carbons (Fsp3) is 0.462. The van der Waals surface area contributed by atoms with Crippen LogP contribution in [0.3, 0.4) is 0 Å². The molecule has 1 aliphatic rings. The Morgan fingerprint density at radius 1 is 1.35 bits per heavy atom. The first-order valence-electron chi connectivity index (χ1n) is 5.84. The summed E-state index contributed by atoms with van der Waals surface area (Å²) in [6.45, 7) is 1.72. The van der Waals surface area contributed by atoms with Crippen LogP contribution in [0.15, 0.2) is 24.3 Å². The SMILES string of the molecule is COc1ccc(CCN2CCCSC2=O)cc1. The van der Waals surface area contributed by atoms with Gasteiger partial charge in [-0.15, -0.1) is 0 Å². The number of amides is 1. The Morgan fingerprint density at radius 2 is 2.12 bits per heavy atom. The number of nitrogens with zero attached hydrogens (tertiary/aromatic N) is 1. The summed E-state index contributed by atoms with van der Waals surface area (Å²) in [4.78, 5) is 13.5. The number of thioether (sulfide) groups is 1. The highest BCUT2D eigenvalue weighted by Crippen LogP contribution is 2.18. The molecule has 0 spiro atoms. The molecular formula is C13H17NO2S. The van der Waals surface area contributed by atoms with Crippen molar-refractivity contribution >= 4 is 17.0 Å². The van der Waals surface area contributed by atoms with Crippen molar-refractivity contribution in [2.75, 3.05) is 26.0 Å². The molecule has 0 saturated carbocycles. The average Bonchev–Trinajstić information content (AvgIpc) is 2.38. The van der Waals surface area contributed by atoms with E-state index in [0.29, 0.717) is 0 Å². The second-order valence-electron chi connectivity index (χ2n) is 4.05. The molecule has 0 bridgehead atoms. The lowest BCUT2D eigenvalue weighted by Crippen LogP contribution is -2.34. The minimum Gasteiger partial charge on any atom is -0.497 e. The molecule has 1 saturated heterocycles. The van der Waals surface area contributed by atoms with Gasteiger partial charge in [0.25, 0.3) is 5.24 Å². The molecule has 1 fully saturated rings. The van der Waals surface area contributed by atoms with Crippen molar-refractivity contribution in [3.8, 4) is 5.75 Å². The zero-order chi connectivity index (χ0) is 12.1. The van der Waals surface area contributed by atoms with Crippen LogP contribution >= 0.6 is 11.8 Å². The minimum absolute atomic E-state index is 0.227. The lowest BCUT2D eigenvalue weighted by molar-refractivity contribution is 0.221.